The first-order valence-electron chi connectivity index (χ1n) is 7.00. The van der Waals surface area contributed by atoms with Crippen molar-refractivity contribution in [2.45, 2.75) is 65.3 Å². The highest BCUT2D eigenvalue weighted by Crippen LogP contribution is 2.34. The zero-order valence-corrected chi connectivity index (χ0v) is 11.4. The molecule has 0 saturated heterocycles. The number of nitrogens with one attached hydrogen (secondary N) is 1. The lowest BCUT2D eigenvalue weighted by molar-refractivity contribution is 0.207. The molecule has 1 unspecified atom stereocenters. The predicted octanol–water partition coefficient (Wildman–Crippen LogP) is 2.92. The van der Waals surface area contributed by atoms with Gasteiger partial charge in [0.1, 0.15) is 0 Å². The smallest absolute Gasteiger partial charge is 0.00739 e. The second-order valence-electron chi connectivity index (χ2n) is 6.24. The highest BCUT2D eigenvalue weighted by molar-refractivity contribution is 4.80. The molecule has 0 amide bonds. The van der Waals surface area contributed by atoms with Crippen molar-refractivity contribution in [3.05, 3.63) is 0 Å². The molecule has 1 rings (SSSR count). The Kier molecular flexibility index (Phi) is 5.77. The average molecular weight is 226 g/mol. The van der Waals surface area contributed by atoms with E-state index in [0.717, 1.165) is 13.0 Å². The molecule has 1 fully saturated rings. The summed E-state index contributed by atoms with van der Waals surface area (Å²) < 4.78 is 0. The molecule has 3 N–H and O–H groups in total. The van der Waals surface area contributed by atoms with Gasteiger partial charge < -0.3 is 11.1 Å². The van der Waals surface area contributed by atoms with Crippen molar-refractivity contribution in [1.82, 2.24) is 5.32 Å². The summed E-state index contributed by atoms with van der Waals surface area (Å²) in [7, 11) is 0. The van der Waals surface area contributed by atoms with E-state index in [4.69, 9.17) is 5.73 Å². The summed E-state index contributed by atoms with van der Waals surface area (Å²) in [4.78, 5) is 0. The van der Waals surface area contributed by atoms with E-state index in [1.54, 1.807) is 0 Å². The third-order valence-electron chi connectivity index (χ3n) is 4.12. The summed E-state index contributed by atoms with van der Waals surface area (Å²) >= 11 is 0. The lowest BCUT2D eigenvalue weighted by Crippen LogP contribution is -2.37. The quantitative estimate of drug-likeness (QED) is 0.683. The molecule has 0 spiro atoms. The van der Waals surface area contributed by atoms with E-state index in [9.17, 15) is 0 Å². The van der Waals surface area contributed by atoms with Crippen molar-refractivity contribution in [2.24, 2.45) is 17.1 Å². The van der Waals surface area contributed by atoms with E-state index in [2.05, 4.69) is 26.1 Å². The van der Waals surface area contributed by atoms with E-state index in [1.807, 2.05) is 0 Å². The Morgan fingerprint density at radius 1 is 1.19 bits per heavy atom. The molecule has 0 heterocycles. The summed E-state index contributed by atoms with van der Waals surface area (Å²) in [6.07, 6.45) is 8.18. The van der Waals surface area contributed by atoms with Crippen LogP contribution in [-0.2, 0) is 0 Å². The number of hydrogen-bond acceptors (Lipinski definition) is 2. The fraction of sp³-hybridized carbons (Fsp3) is 1.00. The first-order valence-corrected chi connectivity index (χ1v) is 7.00. The van der Waals surface area contributed by atoms with Gasteiger partial charge in [0.25, 0.3) is 0 Å². The number of nitrogens with two attached hydrogens (primary N) is 1. The van der Waals surface area contributed by atoms with Crippen molar-refractivity contribution in [3.8, 4) is 0 Å². The van der Waals surface area contributed by atoms with Gasteiger partial charge in [0.05, 0.1) is 0 Å². The molecule has 1 aliphatic carbocycles. The average Bonchev–Trinajstić information content (AvgIpc) is 2.25. The molecular weight excluding hydrogens is 196 g/mol. The van der Waals surface area contributed by atoms with Crippen LogP contribution in [0.3, 0.4) is 0 Å². The van der Waals surface area contributed by atoms with Gasteiger partial charge in [-0.3, -0.25) is 0 Å². The second kappa shape index (κ2) is 6.61. The molecule has 0 radical (unpaired) electrons. The molecule has 0 bridgehead atoms. The van der Waals surface area contributed by atoms with Crippen molar-refractivity contribution in [2.75, 3.05) is 13.1 Å². The first-order chi connectivity index (χ1) is 7.53. The fourth-order valence-electron chi connectivity index (χ4n) is 2.57. The van der Waals surface area contributed by atoms with Crippen LogP contribution in [0.5, 0.6) is 0 Å². The molecule has 0 aliphatic heterocycles. The maximum Gasteiger partial charge on any atom is 0.00739 e. The molecule has 0 aromatic heterocycles. The standard InChI is InChI=1S/C14H30N2/c1-12(2)13(15)7-10-16-11-14(3)8-5-4-6-9-14/h12-13,16H,4-11,15H2,1-3H3. The van der Waals surface area contributed by atoms with Gasteiger partial charge in [0.15, 0.2) is 0 Å². The summed E-state index contributed by atoms with van der Waals surface area (Å²) in [6.45, 7) is 9.09. The monoisotopic (exact) mass is 226 g/mol. The Morgan fingerprint density at radius 3 is 2.38 bits per heavy atom. The molecule has 2 heteroatoms. The maximum absolute atomic E-state index is 6.03. The van der Waals surface area contributed by atoms with Crippen LogP contribution >= 0.6 is 0 Å². The highest BCUT2D eigenvalue weighted by atomic mass is 14.9. The Balaban J connectivity index is 2.10. The van der Waals surface area contributed by atoms with Crippen LogP contribution in [0.2, 0.25) is 0 Å². The van der Waals surface area contributed by atoms with Gasteiger partial charge >= 0.3 is 0 Å². The molecule has 1 saturated carbocycles. The van der Waals surface area contributed by atoms with Gasteiger partial charge in [0.2, 0.25) is 0 Å². The van der Waals surface area contributed by atoms with E-state index >= 15 is 0 Å². The summed E-state index contributed by atoms with van der Waals surface area (Å²) in [5, 5.41) is 3.60. The van der Waals surface area contributed by atoms with Gasteiger partial charge in [-0.1, -0.05) is 40.0 Å². The van der Waals surface area contributed by atoms with Crippen LogP contribution < -0.4 is 11.1 Å². The normalized spacial score (nSPS) is 22.3. The van der Waals surface area contributed by atoms with E-state index in [1.165, 1.54) is 38.6 Å². The third-order valence-corrected chi connectivity index (χ3v) is 4.12. The minimum absolute atomic E-state index is 0.353. The van der Waals surface area contributed by atoms with Gasteiger partial charge in [-0.05, 0) is 37.1 Å². The summed E-state index contributed by atoms with van der Waals surface area (Å²) in [6, 6.07) is 0.353. The molecule has 2 nitrogen and oxygen atoms in total. The van der Waals surface area contributed by atoms with Crippen molar-refractivity contribution >= 4 is 0 Å². The molecular formula is C14H30N2. The van der Waals surface area contributed by atoms with Crippen LogP contribution in [0.1, 0.15) is 59.3 Å². The van der Waals surface area contributed by atoms with Crippen LogP contribution in [0.25, 0.3) is 0 Å². The lowest BCUT2D eigenvalue weighted by atomic mass is 9.76. The van der Waals surface area contributed by atoms with Gasteiger partial charge in [0, 0.05) is 12.6 Å². The SMILES string of the molecule is CC(C)C(N)CCNCC1(C)CCCCC1. The predicted molar refractivity (Wildman–Crippen MR) is 71.5 cm³/mol. The van der Waals surface area contributed by atoms with Crippen LogP contribution in [0, 0.1) is 11.3 Å². The molecule has 1 aliphatic rings. The van der Waals surface area contributed by atoms with E-state index in [-0.39, 0.29) is 0 Å². The highest BCUT2D eigenvalue weighted by Gasteiger charge is 2.25. The van der Waals surface area contributed by atoms with Crippen molar-refractivity contribution < 1.29 is 0 Å². The molecule has 0 aromatic rings. The summed E-state index contributed by atoms with van der Waals surface area (Å²) in [5.41, 5.74) is 6.58. The van der Waals surface area contributed by atoms with Gasteiger partial charge in [-0.25, -0.2) is 0 Å². The Labute approximate surface area is 101 Å². The second-order valence-corrected chi connectivity index (χ2v) is 6.24. The van der Waals surface area contributed by atoms with E-state index in [0.29, 0.717) is 17.4 Å². The van der Waals surface area contributed by atoms with E-state index < -0.39 is 0 Å². The largest absolute Gasteiger partial charge is 0.327 e. The topological polar surface area (TPSA) is 38.0 Å². The Morgan fingerprint density at radius 2 is 1.81 bits per heavy atom. The molecule has 96 valence electrons. The van der Waals surface area contributed by atoms with Crippen LogP contribution in [0.15, 0.2) is 0 Å². The molecule has 1 atom stereocenters. The van der Waals surface area contributed by atoms with Crippen molar-refractivity contribution in [3.63, 3.8) is 0 Å². The zero-order chi connectivity index (χ0) is 12.0. The Hall–Kier alpha value is -0.0800. The fourth-order valence-corrected chi connectivity index (χ4v) is 2.57. The Bertz CT molecular complexity index is 183. The lowest BCUT2D eigenvalue weighted by Gasteiger charge is -2.34. The minimum Gasteiger partial charge on any atom is -0.327 e. The number of hydrogen-bond donors (Lipinski definition) is 2. The van der Waals surface area contributed by atoms with Gasteiger partial charge in [-0.2, -0.15) is 0 Å². The zero-order valence-electron chi connectivity index (χ0n) is 11.4. The van der Waals surface area contributed by atoms with Crippen molar-refractivity contribution in [1.29, 1.82) is 0 Å². The van der Waals surface area contributed by atoms with Gasteiger partial charge in [-0.15, -0.1) is 0 Å². The first kappa shape index (κ1) is 14.0. The van der Waals surface area contributed by atoms with Crippen LogP contribution in [-0.4, -0.2) is 19.1 Å². The maximum atomic E-state index is 6.03. The molecule has 16 heavy (non-hydrogen) atoms. The minimum atomic E-state index is 0.353. The number of rotatable bonds is 6. The third kappa shape index (κ3) is 4.84. The summed E-state index contributed by atoms with van der Waals surface area (Å²) in [5.74, 6) is 0.604. The molecule has 0 aromatic carbocycles. The van der Waals surface area contributed by atoms with Crippen LogP contribution in [0.4, 0.5) is 0 Å².